The van der Waals surface area contributed by atoms with E-state index in [1.165, 1.54) is 0 Å². The molecular weight excluding hydrogens is 384 g/mol. The van der Waals surface area contributed by atoms with E-state index in [1.807, 2.05) is 55.5 Å². The molecule has 1 N–H and O–H groups in total. The van der Waals surface area contributed by atoms with E-state index in [4.69, 9.17) is 14.8 Å². The number of benzene rings is 2. The highest BCUT2D eigenvalue weighted by molar-refractivity contribution is 8.13. The first-order valence-electron chi connectivity index (χ1n) is 9.93. The van der Waals surface area contributed by atoms with Gasteiger partial charge in [-0.1, -0.05) is 55.4 Å². The van der Waals surface area contributed by atoms with Crippen LogP contribution in [0.15, 0.2) is 58.6 Å². The summed E-state index contributed by atoms with van der Waals surface area (Å²) in [6.07, 6.45) is 1.78. The molecule has 1 atom stereocenters. The minimum absolute atomic E-state index is 0.141. The molecule has 0 aliphatic carbocycles. The van der Waals surface area contributed by atoms with Crippen LogP contribution >= 0.6 is 11.8 Å². The number of ether oxygens (including phenoxy) is 1. The van der Waals surface area contributed by atoms with Crippen molar-refractivity contribution < 1.29 is 9.53 Å². The maximum absolute atomic E-state index is 13.0. The standard InChI is InChI=1S/C22H24N4O2S/c1-3-5-14-29-22-24-21(27)19-17-8-6-7-9-18(17)23-20(26(19)25-22)15-10-12-16(13-11-15)28-4-2/h6-13,20H,3-5,14H2,1-2H3,(H,24,25,27)/t20-/m1/s1. The van der Waals surface area contributed by atoms with Crippen LogP contribution in [-0.2, 0) is 4.79 Å². The fraction of sp³-hybridized carbons (Fsp3) is 0.318. The van der Waals surface area contributed by atoms with Crippen molar-refractivity contribution in [3.8, 4) is 5.75 Å². The largest absolute Gasteiger partial charge is 0.494 e. The average molecular weight is 409 g/mol. The first kappa shape index (κ1) is 19.5. The Kier molecular flexibility index (Phi) is 5.85. The molecule has 0 aromatic heterocycles. The lowest BCUT2D eigenvalue weighted by molar-refractivity contribution is -0.116. The Balaban J connectivity index is 1.78. The zero-order chi connectivity index (χ0) is 20.2. The number of fused-ring (bicyclic) bond motifs is 2. The summed E-state index contributed by atoms with van der Waals surface area (Å²) in [5, 5.41) is 11.7. The Morgan fingerprint density at radius 1 is 1.14 bits per heavy atom. The number of hydrazone groups is 1. The Morgan fingerprint density at radius 3 is 2.69 bits per heavy atom. The molecule has 0 unspecified atom stereocenters. The van der Waals surface area contributed by atoms with E-state index < -0.39 is 6.17 Å². The molecule has 0 bridgehead atoms. The number of hydrogen-bond donors (Lipinski definition) is 1. The highest BCUT2D eigenvalue weighted by Crippen LogP contribution is 2.31. The molecular formula is C22H24N4O2S. The molecule has 0 fully saturated rings. The second-order valence-corrected chi connectivity index (χ2v) is 7.86. The SMILES string of the molecule is CCCCSC1=NN2C(=c3ccccc3=N[C@H]2c2ccc(OCC)cc2)C(=O)N1. The van der Waals surface area contributed by atoms with E-state index in [0.29, 0.717) is 17.5 Å². The minimum Gasteiger partial charge on any atom is -0.494 e. The van der Waals surface area contributed by atoms with Crippen LogP contribution in [0.25, 0.3) is 5.70 Å². The number of amidine groups is 1. The summed E-state index contributed by atoms with van der Waals surface area (Å²) in [6, 6.07) is 15.5. The van der Waals surface area contributed by atoms with Crippen LogP contribution in [0.1, 0.15) is 38.4 Å². The maximum atomic E-state index is 13.0. The summed E-state index contributed by atoms with van der Waals surface area (Å²) < 4.78 is 5.56. The van der Waals surface area contributed by atoms with E-state index in [0.717, 1.165) is 40.5 Å². The predicted octanol–water partition coefficient (Wildman–Crippen LogP) is 2.76. The van der Waals surface area contributed by atoms with E-state index in [2.05, 4.69) is 12.2 Å². The van der Waals surface area contributed by atoms with Crippen LogP contribution in [0.2, 0.25) is 0 Å². The summed E-state index contributed by atoms with van der Waals surface area (Å²) >= 11 is 1.57. The highest BCUT2D eigenvalue weighted by Gasteiger charge is 2.34. The van der Waals surface area contributed by atoms with Gasteiger partial charge in [-0.05, 0) is 37.1 Å². The van der Waals surface area contributed by atoms with Gasteiger partial charge >= 0.3 is 0 Å². The van der Waals surface area contributed by atoms with Gasteiger partial charge in [0.25, 0.3) is 5.91 Å². The van der Waals surface area contributed by atoms with Gasteiger partial charge in [0.15, 0.2) is 11.3 Å². The van der Waals surface area contributed by atoms with Crippen LogP contribution in [-0.4, -0.2) is 28.4 Å². The summed E-state index contributed by atoms with van der Waals surface area (Å²) in [5.74, 6) is 1.59. The van der Waals surface area contributed by atoms with Gasteiger partial charge < -0.3 is 4.74 Å². The van der Waals surface area contributed by atoms with E-state index in [9.17, 15) is 4.79 Å². The Hall–Kier alpha value is -2.80. The first-order valence-corrected chi connectivity index (χ1v) is 10.9. The number of para-hydroxylation sites is 1. The van der Waals surface area contributed by atoms with Crippen molar-refractivity contribution in [3.63, 3.8) is 0 Å². The Bertz CT molecular complexity index is 1050. The minimum atomic E-state index is -0.400. The number of thioether (sulfide) groups is 1. The second-order valence-electron chi connectivity index (χ2n) is 6.78. The topological polar surface area (TPSA) is 66.3 Å². The third-order valence-corrected chi connectivity index (χ3v) is 5.69. The molecule has 2 aliphatic heterocycles. The zero-order valence-electron chi connectivity index (χ0n) is 16.6. The van der Waals surface area contributed by atoms with Crippen LogP contribution in [0.4, 0.5) is 0 Å². The third-order valence-electron chi connectivity index (χ3n) is 4.74. The first-order chi connectivity index (χ1) is 14.2. The smallest absolute Gasteiger partial charge is 0.276 e. The molecule has 4 rings (SSSR count). The van der Waals surface area contributed by atoms with E-state index >= 15 is 0 Å². The highest BCUT2D eigenvalue weighted by atomic mass is 32.2. The molecule has 150 valence electrons. The van der Waals surface area contributed by atoms with Gasteiger partial charge in [0.2, 0.25) is 0 Å². The number of carbonyl (C=O) groups excluding carboxylic acids is 1. The van der Waals surface area contributed by atoms with E-state index in [-0.39, 0.29) is 5.91 Å². The molecule has 0 saturated heterocycles. The second kappa shape index (κ2) is 8.69. The van der Waals surface area contributed by atoms with Crippen LogP contribution in [0.3, 0.4) is 0 Å². The molecule has 0 saturated carbocycles. The van der Waals surface area contributed by atoms with Crippen LogP contribution in [0.5, 0.6) is 5.75 Å². The summed E-state index contributed by atoms with van der Waals surface area (Å²) in [7, 11) is 0. The quantitative estimate of drug-likeness (QED) is 0.747. The molecule has 6 nitrogen and oxygen atoms in total. The fourth-order valence-electron chi connectivity index (χ4n) is 3.33. The average Bonchev–Trinajstić information content (AvgIpc) is 2.74. The zero-order valence-corrected chi connectivity index (χ0v) is 17.4. The molecule has 0 radical (unpaired) electrons. The van der Waals surface area contributed by atoms with Crippen molar-refractivity contribution >= 4 is 28.5 Å². The third kappa shape index (κ3) is 4.00. The molecule has 1 amide bonds. The number of unbranched alkanes of at least 4 members (excludes halogenated alkanes) is 1. The Morgan fingerprint density at radius 2 is 1.93 bits per heavy atom. The lowest BCUT2D eigenvalue weighted by Crippen LogP contribution is -2.50. The van der Waals surface area contributed by atoms with Crippen molar-refractivity contribution in [1.29, 1.82) is 0 Å². The van der Waals surface area contributed by atoms with Gasteiger partial charge in [-0.3, -0.25) is 15.1 Å². The van der Waals surface area contributed by atoms with Crippen molar-refractivity contribution in [3.05, 3.63) is 64.7 Å². The normalized spacial score (nSPS) is 17.7. The van der Waals surface area contributed by atoms with Gasteiger partial charge in [-0.25, -0.2) is 5.01 Å². The molecule has 2 aliphatic rings. The summed E-state index contributed by atoms with van der Waals surface area (Å²) in [6.45, 7) is 4.73. The number of hydrogen-bond acceptors (Lipinski definition) is 6. The predicted molar refractivity (Wildman–Crippen MR) is 116 cm³/mol. The molecule has 7 heteroatoms. The number of nitrogens with zero attached hydrogens (tertiary/aromatic N) is 3. The molecule has 2 aromatic rings. The van der Waals surface area contributed by atoms with Crippen molar-refractivity contribution in [1.82, 2.24) is 10.3 Å². The van der Waals surface area contributed by atoms with Gasteiger partial charge in [0.1, 0.15) is 11.4 Å². The molecule has 29 heavy (non-hydrogen) atoms. The number of rotatable bonds is 6. The fourth-order valence-corrected chi connectivity index (χ4v) is 4.26. The van der Waals surface area contributed by atoms with Gasteiger partial charge in [0, 0.05) is 11.0 Å². The van der Waals surface area contributed by atoms with Gasteiger partial charge in [-0.15, -0.1) is 5.10 Å². The van der Waals surface area contributed by atoms with Crippen LogP contribution < -0.4 is 20.6 Å². The number of carbonyl (C=O) groups is 1. The van der Waals surface area contributed by atoms with Crippen molar-refractivity contribution in [2.24, 2.45) is 10.1 Å². The Labute approximate surface area is 174 Å². The number of nitrogens with one attached hydrogen (secondary N) is 1. The molecule has 2 aromatic carbocycles. The molecule has 2 heterocycles. The van der Waals surface area contributed by atoms with Gasteiger partial charge in [0.05, 0.1) is 12.0 Å². The summed E-state index contributed by atoms with van der Waals surface area (Å²) in [4.78, 5) is 17.9. The number of amides is 1. The van der Waals surface area contributed by atoms with Crippen LogP contribution in [0, 0.1) is 0 Å². The lowest BCUT2D eigenvalue weighted by Gasteiger charge is -2.34. The summed E-state index contributed by atoms with van der Waals surface area (Å²) in [5.41, 5.74) is 1.49. The van der Waals surface area contributed by atoms with Crippen molar-refractivity contribution in [2.75, 3.05) is 12.4 Å². The van der Waals surface area contributed by atoms with E-state index in [1.54, 1.807) is 16.8 Å². The van der Waals surface area contributed by atoms with Crippen molar-refractivity contribution in [2.45, 2.75) is 32.9 Å². The lowest BCUT2D eigenvalue weighted by atomic mass is 10.1. The molecule has 0 spiro atoms. The monoisotopic (exact) mass is 408 g/mol. The van der Waals surface area contributed by atoms with Gasteiger partial charge in [-0.2, -0.15) is 0 Å². The maximum Gasteiger partial charge on any atom is 0.276 e.